The van der Waals surface area contributed by atoms with Crippen molar-refractivity contribution in [1.82, 2.24) is 10.2 Å². The molecule has 0 saturated carbocycles. The van der Waals surface area contributed by atoms with Crippen LogP contribution < -0.4 is 5.32 Å². The molecule has 1 saturated heterocycles. The summed E-state index contributed by atoms with van der Waals surface area (Å²) in [6.45, 7) is 5.81. The molecule has 1 N–H and O–H groups in total. The predicted molar refractivity (Wildman–Crippen MR) is 64.8 cm³/mol. The second kappa shape index (κ2) is 4.67. The average molecular weight is 208 g/mol. The Balaban J connectivity index is 2.15. The first-order valence-corrected chi connectivity index (χ1v) is 6.36. The maximum absolute atomic E-state index is 3.56. The molecule has 0 aromatic carbocycles. The zero-order valence-electron chi connectivity index (χ0n) is 10.2. The van der Waals surface area contributed by atoms with E-state index in [4.69, 9.17) is 0 Å². The Bertz CT molecular complexity index is 247. The number of nitrogens with one attached hydrogen (secondary N) is 1. The Kier molecular flexibility index (Phi) is 3.47. The van der Waals surface area contributed by atoms with Crippen molar-refractivity contribution in [3.63, 3.8) is 0 Å². The van der Waals surface area contributed by atoms with Crippen LogP contribution in [-0.2, 0) is 0 Å². The lowest BCUT2D eigenvalue weighted by Gasteiger charge is -2.44. The zero-order chi connectivity index (χ0) is 10.7. The molecule has 1 atom stereocenters. The molecule has 0 radical (unpaired) electrons. The van der Waals surface area contributed by atoms with Crippen LogP contribution in [0.2, 0.25) is 0 Å². The molecule has 0 aromatic rings. The molecule has 1 aliphatic heterocycles. The number of nitrogens with zero attached hydrogens (tertiary/aromatic N) is 1. The van der Waals surface area contributed by atoms with E-state index in [1.54, 1.807) is 5.57 Å². The van der Waals surface area contributed by atoms with E-state index in [0.717, 1.165) is 6.67 Å². The minimum atomic E-state index is 0.438. The smallest absolute Gasteiger partial charge is 0.0478 e. The molecule has 1 aliphatic carbocycles. The molecule has 2 nitrogen and oxygen atoms in total. The van der Waals surface area contributed by atoms with Crippen LogP contribution in [0.5, 0.6) is 0 Å². The second-order valence-electron chi connectivity index (χ2n) is 5.21. The van der Waals surface area contributed by atoms with Crippen LogP contribution in [0.1, 0.15) is 39.0 Å². The number of hydrogen-bond donors (Lipinski definition) is 1. The van der Waals surface area contributed by atoms with Gasteiger partial charge in [-0.2, -0.15) is 0 Å². The highest BCUT2D eigenvalue weighted by Gasteiger charge is 2.36. The van der Waals surface area contributed by atoms with E-state index in [-0.39, 0.29) is 0 Å². The van der Waals surface area contributed by atoms with Crippen LogP contribution in [0.4, 0.5) is 0 Å². The highest BCUT2D eigenvalue weighted by atomic mass is 15.2. The SMILES string of the molecule is CC[C@]1(C2=CCCCC2)CNCN(C)C1. The highest BCUT2D eigenvalue weighted by Crippen LogP contribution is 2.38. The van der Waals surface area contributed by atoms with E-state index >= 15 is 0 Å². The molecule has 0 aromatic heterocycles. The molecule has 2 aliphatic rings. The van der Waals surface area contributed by atoms with Crippen molar-refractivity contribution in [2.24, 2.45) is 5.41 Å². The van der Waals surface area contributed by atoms with Crippen LogP contribution >= 0.6 is 0 Å². The van der Waals surface area contributed by atoms with E-state index in [9.17, 15) is 0 Å². The van der Waals surface area contributed by atoms with Gasteiger partial charge in [0.05, 0.1) is 0 Å². The maximum atomic E-state index is 3.56. The van der Waals surface area contributed by atoms with Crippen LogP contribution in [-0.4, -0.2) is 31.7 Å². The van der Waals surface area contributed by atoms with E-state index in [1.165, 1.54) is 45.2 Å². The summed E-state index contributed by atoms with van der Waals surface area (Å²) in [4.78, 5) is 2.42. The Morgan fingerprint density at radius 3 is 2.93 bits per heavy atom. The average Bonchev–Trinajstić information content (AvgIpc) is 2.30. The molecule has 0 bridgehead atoms. The molecular formula is C13H24N2. The summed E-state index contributed by atoms with van der Waals surface area (Å²) in [5, 5.41) is 3.56. The van der Waals surface area contributed by atoms with Gasteiger partial charge >= 0.3 is 0 Å². The monoisotopic (exact) mass is 208 g/mol. The third kappa shape index (κ3) is 2.26. The van der Waals surface area contributed by atoms with E-state index in [2.05, 4.69) is 30.3 Å². The molecule has 15 heavy (non-hydrogen) atoms. The van der Waals surface area contributed by atoms with Crippen LogP contribution in [0.25, 0.3) is 0 Å². The first-order valence-electron chi connectivity index (χ1n) is 6.36. The number of hydrogen-bond acceptors (Lipinski definition) is 2. The Morgan fingerprint density at radius 2 is 2.33 bits per heavy atom. The Labute approximate surface area is 93.7 Å². The van der Waals surface area contributed by atoms with Gasteiger partial charge < -0.3 is 5.32 Å². The van der Waals surface area contributed by atoms with Gasteiger partial charge in [0.2, 0.25) is 0 Å². The standard InChI is InChI=1S/C13H24N2/c1-3-13(9-14-11-15(2)10-13)12-7-5-4-6-8-12/h7,14H,3-6,8-11H2,1-2H3/t13-/m0/s1. The number of rotatable bonds is 2. The topological polar surface area (TPSA) is 15.3 Å². The van der Waals surface area contributed by atoms with Crippen molar-refractivity contribution in [3.8, 4) is 0 Å². The van der Waals surface area contributed by atoms with Gasteiger partial charge in [0, 0.05) is 25.2 Å². The van der Waals surface area contributed by atoms with Crippen LogP contribution in [0.15, 0.2) is 11.6 Å². The first kappa shape index (κ1) is 11.2. The van der Waals surface area contributed by atoms with E-state index in [0.29, 0.717) is 5.41 Å². The largest absolute Gasteiger partial charge is 0.303 e. The lowest BCUT2D eigenvalue weighted by Crippen LogP contribution is -2.53. The van der Waals surface area contributed by atoms with Crippen molar-refractivity contribution in [2.45, 2.75) is 39.0 Å². The molecule has 86 valence electrons. The highest BCUT2D eigenvalue weighted by molar-refractivity contribution is 5.19. The van der Waals surface area contributed by atoms with E-state index in [1.807, 2.05) is 0 Å². The summed E-state index contributed by atoms with van der Waals surface area (Å²) in [6, 6.07) is 0. The van der Waals surface area contributed by atoms with Crippen molar-refractivity contribution in [3.05, 3.63) is 11.6 Å². The molecule has 1 fully saturated rings. The van der Waals surface area contributed by atoms with Gasteiger partial charge in [-0.05, 0) is 39.2 Å². The first-order chi connectivity index (χ1) is 7.27. The lowest BCUT2D eigenvalue weighted by atomic mass is 9.72. The summed E-state index contributed by atoms with van der Waals surface area (Å²) in [7, 11) is 2.22. The summed E-state index contributed by atoms with van der Waals surface area (Å²) in [5.41, 5.74) is 2.17. The summed E-state index contributed by atoms with van der Waals surface area (Å²) in [6.07, 6.45) is 9.23. The fourth-order valence-electron chi connectivity index (χ4n) is 3.11. The van der Waals surface area contributed by atoms with Gasteiger partial charge in [0.25, 0.3) is 0 Å². The fraction of sp³-hybridized carbons (Fsp3) is 0.846. The van der Waals surface area contributed by atoms with Crippen molar-refractivity contribution in [1.29, 1.82) is 0 Å². The third-order valence-corrected chi connectivity index (χ3v) is 4.07. The van der Waals surface area contributed by atoms with Crippen LogP contribution in [0, 0.1) is 5.41 Å². The van der Waals surface area contributed by atoms with Gasteiger partial charge in [-0.15, -0.1) is 0 Å². The molecule has 2 heteroatoms. The normalized spacial score (nSPS) is 33.9. The summed E-state index contributed by atoms with van der Waals surface area (Å²) < 4.78 is 0. The molecule has 2 rings (SSSR count). The third-order valence-electron chi connectivity index (χ3n) is 4.07. The Hall–Kier alpha value is -0.340. The van der Waals surface area contributed by atoms with Gasteiger partial charge in [-0.3, -0.25) is 4.90 Å². The summed E-state index contributed by atoms with van der Waals surface area (Å²) >= 11 is 0. The predicted octanol–water partition coefficient (Wildman–Crippen LogP) is 2.38. The number of allylic oxidation sites excluding steroid dienone is 1. The van der Waals surface area contributed by atoms with Crippen molar-refractivity contribution in [2.75, 3.05) is 26.8 Å². The molecule has 0 amide bonds. The van der Waals surface area contributed by atoms with Crippen molar-refractivity contribution < 1.29 is 0 Å². The molecule has 0 unspecified atom stereocenters. The van der Waals surface area contributed by atoms with Gasteiger partial charge in [0.1, 0.15) is 0 Å². The van der Waals surface area contributed by atoms with Gasteiger partial charge in [-0.1, -0.05) is 18.6 Å². The fourth-order valence-corrected chi connectivity index (χ4v) is 3.11. The van der Waals surface area contributed by atoms with E-state index < -0.39 is 0 Å². The minimum absolute atomic E-state index is 0.438. The molecule has 0 spiro atoms. The Morgan fingerprint density at radius 1 is 1.47 bits per heavy atom. The zero-order valence-corrected chi connectivity index (χ0v) is 10.2. The van der Waals surface area contributed by atoms with Gasteiger partial charge in [-0.25, -0.2) is 0 Å². The summed E-state index contributed by atoms with van der Waals surface area (Å²) in [5.74, 6) is 0. The molecule has 1 heterocycles. The van der Waals surface area contributed by atoms with Crippen molar-refractivity contribution >= 4 is 0 Å². The maximum Gasteiger partial charge on any atom is 0.0478 e. The molecular weight excluding hydrogens is 184 g/mol. The minimum Gasteiger partial charge on any atom is -0.303 e. The lowest BCUT2D eigenvalue weighted by molar-refractivity contribution is 0.130. The van der Waals surface area contributed by atoms with Crippen LogP contribution in [0.3, 0.4) is 0 Å². The quantitative estimate of drug-likeness (QED) is 0.701. The van der Waals surface area contributed by atoms with Gasteiger partial charge in [0.15, 0.2) is 0 Å². The second-order valence-corrected chi connectivity index (χ2v) is 5.21.